The van der Waals surface area contributed by atoms with Gasteiger partial charge in [-0.25, -0.2) is 9.37 Å². The number of para-hydroxylation sites is 1. The summed E-state index contributed by atoms with van der Waals surface area (Å²) in [5.41, 5.74) is 2.01. The third-order valence-corrected chi connectivity index (χ3v) is 4.82. The van der Waals surface area contributed by atoms with Gasteiger partial charge < -0.3 is 9.88 Å². The first-order valence-electron chi connectivity index (χ1n) is 9.83. The van der Waals surface area contributed by atoms with E-state index in [4.69, 9.17) is 0 Å². The van der Waals surface area contributed by atoms with Crippen molar-refractivity contribution >= 4 is 22.9 Å². The van der Waals surface area contributed by atoms with E-state index in [1.807, 2.05) is 36.4 Å². The van der Waals surface area contributed by atoms with Gasteiger partial charge >= 0.3 is 0 Å². The molecule has 0 aliphatic rings. The summed E-state index contributed by atoms with van der Waals surface area (Å²) in [6, 6.07) is 22.5. The van der Waals surface area contributed by atoms with Crippen LogP contribution in [0.1, 0.15) is 17.0 Å². The predicted octanol–water partition coefficient (Wildman–Crippen LogP) is 4.30. The zero-order valence-corrected chi connectivity index (χ0v) is 16.7. The van der Waals surface area contributed by atoms with Crippen molar-refractivity contribution in [1.29, 1.82) is 0 Å². The topological polar surface area (TPSA) is 66.1 Å². The average molecular weight is 413 g/mol. The van der Waals surface area contributed by atoms with Crippen molar-refractivity contribution in [3.05, 3.63) is 118 Å². The number of nitrogens with one attached hydrogen (secondary N) is 1. The molecule has 0 radical (unpaired) electrons. The molecule has 3 aromatic carbocycles. The molecule has 31 heavy (non-hydrogen) atoms. The Morgan fingerprint density at radius 2 is 1.65 bits per heavy atom. The van der Waals surface area contributed by atoms with Gasteiger partial charge in [0, 0.05) is 12.6 Å². The summed E-state index contributed by atoms with van der Waals surface area (Å²) in [6.45, 7) is 0.492. The first-order chi connectivity index (χ1) is 15.1. The molecule has 0 aliphatic heterocycles. The summed E-state index contributed by atoms with van der Waals surface area (Å²) in [5.74, 6) is -0.173. The van der Waals surface area contributed by atoms with Crippen LogP contribution < -0.4 is 5.56 Å². The first kappa shape index (κ1) is 20.2. The molecule has 1 N–H and O–H groups in total. The molecule has 0 saturated carbocycles. The molecule has 0 spiro atoms. The maximum atomic E-state index is 13.1. The zero-order valence-electron chi connectivity index (χ0n) is 16.7. The first-order valence-corrected chi connectivity index (χ1v) is 9.83. The van der Waals surface area contributed by atoms with Gasteiger partial charge in [0.2, 0.25) is 5.91 Å². The fourth-order valence-corrected chi connectivity index (χ4v) is 3.25. The summed E-state index contributed by atoms with van der Waals surface area (Å²) >= 11 is 0. The Morgan fingerprint density at radius 3 is 2.42 bits per heavy atom. The summed E-state index contributed by atoms with van der Waals surface area (Å²) in [5, 5.41) is 0.503. The number of benzene rings is 3. The molecule has 0 saturated heterocycles. The number of hydrogen-bond acceptors (Lipinski definition) is 3. The standard InChI is InChI=1S/C25H20FN3O2/c26-20-13-10-18(11-14-20)12-15-24(30)29(16-19-6-2-1-3-7-19)17-23-27-22-9-5-4-8-21(22)25(31)28-23/h1-15H,16-17H2,(H,27,28,31). The van der Waals surface area contributed by atoms with Crippen molar-refractivity contribution < 1.29 is 9.18 Å². The summed E-state index contributed by atoms with van der Waals surface area (Å²) < 4.78 is 13.1. The van der Waals surface area contributed by atoms with Crippen LogP contribution in [0.2, 0.25) is 0 Å². The lowest BCUT2D eigenvalue weighted by molar-refractivity contribution is -0.127. The Balaban J connectivity index is 1.61. The Hall–Kier alpha value is -4.06. The Bertz CT molecular complexity index is 1280. The Kier molecular flexibility index (Phi) is 5.98. The van der Waals surface area contributed by atoms with Gasteiger partial charge in [-0.1, -0.05) is 54.6 Å². The Morgan fingerprint density at radius 1 is 0.935 bits per heavy atom. The quantitative estimate of drug-likeness (QED) is 0.479. The highest BCUT2D eigenvalue weighted by Crippen LogP contribution is 2.12. The molecule has 1 amide bonds. The van der Waals surface area contributed by atoms with Crippen LogP contribution in [0.4, 0.5) is 4.39 Å². The normalized spacial score (nSPS) is 11.1. The van der Waals surface area contributed by atoms with Gasteiger partial charge in [0.15, 0.2) is 0 Å². The average Bonchev–Trinajstić information content (AvgIpc) is 2.79. The van der Waals surface area contributed by atoms with Crippen LogP contribution in [-0.4, -0.2) is 20.8 Å². The number of fused-ring (bicyclic) bond motifs is 1. The highest BCUT2D eigenvalue weighted by molar-refractivity contribution is 5.91. The number of aromatic amines is 1. The van der Waals surface area contributed by atoms with E-state index in [2.05, 4.69) is 9.97 Å². The highest BCUT2D eigenvalue weighted by Gasteiger charge is 2.14. The van der Waals surface area contributed by atoms with Crippen LogP contribution in [0.3, 0.4) is 0 Å². The number of aromatic nitrogens is 2. The van der Waals surface area contributed by atoms with E-state index in [9.17, 15) is 14.0 Å². The smallest absolute Gasteiger partial charge is 0.258 e. The predicted molar refractivity (Wildman–Crippen MR) is 118 cm³/mol. The molecule has 154 valence electrons. The molecule has 0 atom stereocenters. The Labute approximate surface area is 178 Å². The van der Waals surface area contributed by atoms with Crippen molar-refractivity contribution in [1.82, 2.24) is 14.9 Å². The van der Waals surface area contributed by atoms with Crippen LogP contribution in [0.25, 0.3) is 17.0 Å². The van der Waals surface area contributed by atoms with Crippen LogP contribution in [0.15, 0.2) is 89.7 Å². The largest absolute Gasteiger partial charge is 0.327 e. The van der Waals surface area contributed by atoms with Crippen LogP contribution in [0, 0.1) is 5.82 Å². The lowest BCUT2D eigenvalue weighted by Crippen LogP contribution is -2.30. The molecule has 0 fully saturated rings. The molecule has 0 aliphatic carbocycles. The van der Waals surface area contributed by atoms with E-state index < -0.39 is 0 Å². The minimum absolute atomic E-state index is 0.140. The van der Waals surface area contributed by atoms with Gasteiger partial charge in [-0.05, 0) is 41.5 Å². The second-order valence-electron chi connectivity index (χ2n) is 7.09. The maximum absolute atomic E-state index is 13.1. The monoisotopic (exact) mass is 413 g/mol. The van der Waals surface area contributed by atoms with Crippen molar-refractivity contribution in [2.24, 2.45) is 0 Å². The minimum Gasteiger partial charge on any atom is -0.327 e. The van der Waals surface area contributed by atoms with Gasteiger partial charge in [-0.15, -0.1) is 0 Å². The molecule has 1 aromatic heterocycles. The van der Waals surface area contributed by atoms with Crippen LogP contribution in [-0.2, 0) is 17.9 Å². The van der Waals surface area contributed by atoms with Gasteiger partial charge in [0.1, 0.15) is 11.6 Å². The van der Waals surface area contributed by atoms with Crippen molar-refractivity contribution in [2.45, 2.75) is 13.1 Å². The van der Waals surface area contributed by atoms with Crippen molar-refractivity contribution in [3.63, 3.8) is 0 Å². The van der Waals surface area contributed by atoms with E-state index in [0.29, 0.717) is 28.8 Å². The lowest BCUT2D eigenvalue weighted by atomic mass is 10.2. The summed E-state index contributed by atoms with van der Waals surface area (Å²) in [7, 11) is 0. The number of amides is 1. The van der Waals surface area contributed by atoms with E-state index >= 15 is 0 Å². The van der Waals surface area contributed by atoms with E-state index in [1.165, 1.54) is 18.2 Å². The lowest BCUT2D eigenvalue weighted by Gasteiger charge is -2.21. The fourth-order valence-electron chi connectivity index (χ4n) is 3.25. The van der Waals surface area contributed by atoms with Crippen molar-refractivity contribution in [2.75, 3.05) is 0 Å². The van der Waals surface area contributed by atoms with Gasteiger partial charge in [0.05, 0.1) is 17.4 Å². The second-order valence-corrected chi connectivity index (χ2v) is 7.09. The molecule has 0 unspecified atom stereocenters. The number of carbonyl (C=O) groups is 1. The molecular formula is C25H20FN3O2. The summed E-state index contributed by atoms with van der Waals surface area (Å²) in [4.78, 5) is 34.3. The SMILES string of the molecule is O=C(C=Cc1ccc(F)cc1)N(Cc1ccccc1)Cc1nc2ccccc2c(=O)[nH]1. The fraction of sp³-hybridized carbons (Fsp3) is 0.0800. The molecule has 5 nitrogen and oxygen atoms in total. The molecule has 1 heterocycles. The molecule has 4 aromatic rings. The molecule has 4 rings (SSSR count). The van der Waals surface area contributed by atoms with Gasteiger partial charge in [-0.3, -0.25) is 9.59 Å². The maximum Gasteiger partial charge on any atom is 0.258 e. The van der Waals surface area contributed by atoms with Crippen LogP contribution in [0.5, 0.6) is 0 Å². The number of H-pyrrole nitrogens is 1. The van der Waals surface area contributed by atoms with Gasteiger partial charge in [0.25, 0.3) is 5.56 Å². The third kappa shape index (κ3) is 5.11. The molecule has 6 heteroatoms. The molecule has 0 bridgehead atoms. The second kappa shape index (κ2) is 9.17. The number of halogens is 1. The van der Waals surface area contributed by atoms with Gasteiger partial charge in [-0.2, -0.15) is 0 Å². The number of carbonyl (C=O) groups excluding carboxylic acids is 1. The third-order valence-electron chi connectivity index (χ3n) is 4.82. The highest BCUT2D eigenvalue weighted by atomic mass is 19.1. The van der Waals surface area contributed by atoms with E-state index in [0.717, 1.165) is 5.56 Å². The number of hydrogen-bond donors (Lipinski definition) is 1. The van der Waals surface area contributed by atoms with Crippen molar-refractivity contribution in [3.8, 4) is 0 Å². The van der Waals surface area contributed by atoms with E-state index in [1.54, 1.807) is 41.3 Å². The van der Waals surface area contributed by atoms with Crippen LogP contribution >= 0.6 is 0 Å². The van der Waals surface area contributed by atoms with E-state index in [-0.39, 0.29) is 23.8 Å². The number of rotatable bonds is 6. The molecular weight excluding hydrogens is 393 g/mol. The summed E-state index contributed by atoms with van der Waals surface area (Å²) in [6.07, 6.45) is 3.08. The number of nitrogens with zero attached hydrogens (tertiary/aromatic N) is 2. The zero-order chi connectivity index (χ0) is 21.6. The minimum atomic E-state index is -0.333.